The Bertz CT molecular complexity index is 636. The quantitative estimate of drug-likeness (QED) is 0.757. The lowest BCUT2D eigenvalue weighted by Gasteiger charge is -2.27. The molecular weight excluding hydrogens is 294 g/mol. The Hall–Kier alpha value is -2.30. The first-order chi connectivity index (χ1) is 11.0. The number of hydrogen-bond donors (Lipinski definition) is 2. The van der Waals surface area contributed by atoms with E-state index in [1.165, 1.54) is 17.9 Å². The molecule has 5 nitrogen and oxygen atoms in total. The standard InChI is InChI=1S/C18H23NO4/c1-3-4-5-8-11-19-16(13-9-6-7-10-14(13)21)15(12(2)20)17(22)18(19)23/h6-7,9-10,16,21-22H,3-5,8,11H2,1-2H3. The minimum atomic E-state index is -0.720. The largest absolute Gasteiger partial charge is 0.508 e. The van der Waals surface area contributed by atoms with Crippen molar-refractivity contribution in [2.75, 3.05) is 6.54 Å². The topological polar surface area (TPSA) is 77.8 Å². The van der Waals surface area contributed by atoms with E-state index >= 15 is 0 Å². The fourth-order valence-electron chi connectivity index (χ4n) is 2.99. The zero-order valence-corrected chi connectivity index (χ0v) is 13.6. The summed E-state index contributed by atoms with van der Waals surface area (Å²) >= 11 is 0. The molecule has 5 heteroatoms. The smallest absolute Gasteiger partial charge is 0.290 e. The van der Waals surface area contributed by atoms with Crippen molar-refractivity contribution < 1.29 is 19.8 Å². The molecule has 1 aliphatic rings. The van der Waals surface area contributed by atoms with Crippen LogP contribution < -0.4 is 0 Å². The van der Waals surface area contributed by atoms with Crippen molar-refractivity contribution in [3.05, 3.63) is 41.2 Å². The van der Waals surface area contributed by atoms with Crippen molar-refractivity contribution >= 4 is 11.7 Å². The number of nitrogens with zero attached hydrogens (tertiary/aromatic N) is 1. The van der Waals surface area contributed by atoms with Crippen molar-refractivity contribution in [2.24, 2.45) is 0 Å². The van der Waals surface area contributed by atoms with E-state index in [1.807, 2.05) is 0 Å². The van der Waals surface area contributed by atoms with Gasteiger partial charge in [-0.2, -0.15) is 0 Å². The number of carbonyl (C=O) groups is 2. The summed E-state index contributed by atoms with van der Waals surface area (Å²) in [5.74, 6) is -1.39. The van der Waals surface area contributed by atoms with Gasteiger partial charge in [0.2, 0.25) is 0 Å². The Morgan fingerprint density at radius 1 is 1.17 bits per heavy atom. The summed E-state index contributed by atoms with van der Waals surface area (Å²) in [4.78, 5) is 25.8. The lowest BCUT2D eigenvalue weighted by Crippen LogP contribution is -2.32. The van der Waals surface area contributed by atoms with Gasteiger partial charge >= 0.3 is 0 Å². The van der Waals surface area contributed by atoms with Crippen LogP contribution in [0.4, 0.5) is 0 Å². The van der Waals surface area contributed by atoms with Gasteiger partial charge in [0.1, 0.15) is 5.75 Å². The Labute approximate surface area is 136 Å². The molecule has 0 aromatic heterocycles. The predicted octanol–water partition coefficient (Wildman–Crippen LogP) is 3.26. The molecule has 0 bridgehead atoms. The van der Waals surface area contributed by atoms with Gasteiger partial charge < -0.3 is 15.1 Å². The van der Waals surface area contributed by atoms with Gasteiger partial charge in [-0.3, -0.25) is 9.59 Å². The average Bonchev–Trinajstić information content (AvgIpc) is 2.76. The van der Waals surface area contributed by atoms with Crippen LogP contribution in [-0.4, -0.2) is 33.3 Å². The zero-order chi connectivity index (χ0) is 17.0. The van der Waals surface area contributed by atoms with Crippen LogP contribution in [0.5, 0.6) is 5.75 Å². The number of carbonyl (C=O) groups excluding carboxylic acids is 2. The Kier molecular flexibility index (Phi) is 5.42. The van der Waals surface area contributed by atoms with Crippen molar-refractivity contribution in [3.63, 3.8) is 0 Å². The van der Waals surface area contributed by atoms with Gasteiger partial charge in [0.05, 0.1) is 11.6 Å². The van der Waals surface area contributed by atoms with E-state index in [9.17, 15) is 19.8 Å². The van der Waals surface area contributed by atoms with Crippen LogP contribution in [0.25, 0.3) is 0 Å². The molecular formula is C18H23NO4. The fourth-order valence-corrected chi connectivity index (χ4v) is 2.99. The maximum Gasteiger partial charge on any atom is 0.290 e. The molecule has 1 aliphatic heterocycles. The molecule has 0 fully saturated rings. The van der Waals surface area contributed by atoms with Gasteiger partial charge in [-0.25, -0.2) is 0 Å². The second kappa shape index (κ2) is 7.31. The highest BCUT2D eigenvalue weighted by Crippen LogP contribution is 2.40. The molecule has 23 heavy (non-hydrogen) atoms. The number of phenolic OH excluding ortho intramolecular Hbond substituents is 1. The minimum absolute atomic E-state index is 0.0114. The highest BCUT2D eigenvalue weighted by molar-refractivity contribution is 6.08. The number of aliphatic hydroxyl groups excluding tert-OH is 1. The summed E-state index contributed by atoms with van der Waals surface area (Å²) in [5, 5.41) is 20.2. The summed E-state index contributed by atoms with van der Waals surface area (Å²) in [6.07, 6.45) is 3.92. The first kappa shape index (κ1) is 17.1. The van der Waals surface area contributed by atoms with Crippen LogP contribution in [0.15, 0.2) is 35.6 Å². The fraction of sp³-hybridized carbons (Fsp3) is 0.444. The van der Waals surface area contributed by atoms with E-state index in [0.29, 0.717) is 12.1 Å². The number of benzene rings is 1. The maximum absolute atomic E-state index is 12.4. The van der Waals surface area contributed by atoms with Gasteiger partial charge in [0, 0.05) is 12.1 Å². The maximum atomic E-state index is 12.4. The summed E-state index contributed by atoms with van der Waals surface area (Å²) in [5.41, 5.74) is 0.526. The zero-order valence-electron chi connectivity index (χ0n) is 13.6. The average molecular weight is 317 g/mol. The van der Waals surface area contributed by atoms with Crippen LogP contribution in [0.2, 0.25) is 0 Å². The third-order valence-electron chi connectivity index (χ3n) is 4.17. The number of para-hydroxylation sites is 1. The SMILES string of the molecule is CCCCCCN1C(=O)C(O)=C(C(C)=O)C1c1ccccc1O. The van der Waals surface area contributed by atoms with Crippen molar-refractivity contribution in [1.82, 2.24) is 4.90 Å². The first-order valence-corrected chi connectivity index (χ1v) is 8.02. The molecule has 2 N–H and O–H groups in total. The predicted molar refractivity (Wildman–Crippen MR) is 87.0 cm³/mol. The van der Waals surface area contributed by atoms with Crippen LogP contribution in [0, 0.1) is 0 Å². The van der Waals surface area contributed by atoms with Gasteiger partial charge in [-0.15, -0.1) is 0 Å². The van der Waals surface area contributed by atoms with Gasteiger partial charge in [-0.1, -0.05) is 44.4 Å². The molecule has 0 saturated heterocycles. The van der Waals surface area contributed by atoms with Crippen molar-refractivity contribution in [1.29, 1.82) is 0 Å². The third kappa shape index (κ3) is 3.38. The monoisotopic (exact) mass is 317 g/mol. The molecule has 0 spiro atoms. The number of Topliss-reactive ketones (excluding diaryl/α,β-unsaturated/α-hetero) is 1. The number of aromatic hydroxyl groups is 1. The molecule has 0 aliphatic carbocycles. The Morgan fingerprint density at radius 3 is 2.48 bits per heavy atom. The summed E-state index contributed by atoms with van der Waals surface area (Å²) in [6, 6.07) is 5.89. The minimum Gasteiger partial charge on any atom is -0.508 e. The highest BCUT2D eigenvalue weighted by atomic mass is 16.3. The van der Waals surface area contributed by atoms with Crippen molar-refractivity contribution in [3.8, 4) is 5.75 Å². The van der Waals surface area contributed by atoms with E-state index in [4.69, 9.17) is 0 Å². The molecule has 1 aromatic carbocycles. The third-order valence-corrected chi connectivity index (χ3v) is 4.17. The summed E-state index contributed by atoms with van der Waals surface area (Å²) in [7, 11) is 0. The molecule has 1 unspecified atom stereocenters. The molecule has 1 amide bonds. The van der Waals surface area contributed by atoms with Crippen LogP contribution >= 0.6 is 0 Å². The molecule has 2 rings (SSSR count). The second-order valence-electron chi connectivity index (χ2n) is 5.84. The van der Waals surface area contributed by atoms with E-state index in [0.717, 1.165) is 25.7 Å². The molecule has 1 aromatic rings. The number of rotatable bonds is 7. The number of hydrogen-bond acceptors (Lipinski definition) is 4. The van der Waals surface area contributed by atoms with E-state index in [1.54, 1.807) is 18.2 Å². The van der Waals surface area contributed by atoms with Crippen LogP contribution in [0.3, 0.4) is 0 Å². The molecule has 124 valence electrons. The number of aliphatic hydroxyl groups is 1. The van der Waals surface area contributed by atoms with E-state index < -0.39 is 17.7 Å². The van der Waals surface area contributed by atoms with Crippen molar-refractivity contribution in [2.45, 2.75) is 45.6 Å². The first-order valence-electron chi connectivity index (χ1n) is 8.02. The van der Waals surface area contributed by atoms with Gasteiger partial charge in [0.25, 0.3) is 5.91 Å². The lowest BCUT2D eigenvalue weighted by atomic mass is 9.96. The second-order valence-corrected chi connectivity index (χ2v) is 5.84. The summed E-state index contributed by atoms with van der Waals surface area (Å²) < 4.78 is 0. The Balaban J connectivity index is 2.35. The Morgan fingerprint density at radius 2 is 1.87 bits per heavy atom. The molecule has 1 atom stereocenters. The molecule has 0 radical (unpaired) electrons. The normalized spacial score (nSPS) is 17.9. The molecule has 1 heterocycles. The number of unbranched alkanes of at least 4 members (excludes halogenated alkanes) is 3. The van der Waals surface area contributed by atoms with E-state index in [2.05, 4.69) is 6.92 Å². The molecule has 0 saturated carbocycles. The highest BCUT2D eigenvalue weighted by Gasteiger charge is 2.42. The van der Waals surface area contributed by atoms with Gasteiger partial charge in [0.15, 0.2) is 11.5 Å². The lowest BCUT2D eigenvalue weighted by molar-refractivity contribution is -0.129. The number of amides is 1. The van der Waals surface area contributed by atoms with Crippen LogP contribution in [0.1, 0.15) is 51.1 Å². The van der Waals surface area contributed by atoms with E-state index in [-0.39, 0.29) is 17.1 Å². The number of phenols is 1. The number of ketones is 1. The van der Waals surface area contributed by atoms with Crippen LogP contribution in [-0.2, 0) is 9.59 Å². The van der Waals surface area contributed by atoms with Gasteiger partial charge in [-0.05, 0) is 19.4 Å². The summed E-state index contributed by atoms with van der Waals surface area (Å²) in [6.45, 7) is 3.87.